The number of thiophene rings is 1. The molecule has 0 fully saturated rings. The predicted molar refractivity (Wildman–Crippen MR) is 83.7 cm³/mol. The monoisotopic (exact) mass is 321 g/mol. The molecule has 0 bridgehead atoms. The molecular formula is C17H11N3O2S. The molecule has 5 nitrogen and oxygen atoms in total. The van der Waals surface area contributed by atoms with Gasteiger partial charge in [-0.1, -0.05) is 6.07 Å². The van der Waals surface area contributed by atoms with Crippen LogP contribution in [0.1, 0.15) is 38.9 Å². The Hall–Kier alpha value is -2.91. The molecule has 0 saturated carbocycles. The number of rotatable bonds is 2. The highest BCUT2D eigenvalue weighted by Crippen LogP contribution is 2.39. The number of oxazole rings is 1. The fourth-order valence-corrected chi connectivity index (χ4v) is 3.56. The number of aromatic nitrogens is 1. The van der Waals surface area contributed by atoms with E-state index in [1.807, 2.05) is 29.0 Å². The second-order valence-electron chi connectivity index (χ2n) is 5.28. The van der Waals surface area contributed by atoms with Gasteiger partial charge in [0, 0.05) is 11.9 Å². The van der Waals surface area contributed by atoms with Gasteiger partial charge in [0.05, 0.1) is 23.4 Å². The van der Waals surface area contributed by atoms with Gasteiger partial charge in [-0.25, -0.2) is 4.98 Å². The average molecular weight is 321 g/mol. The molecule has 3 heterocycles. The van der Waals surface area contributed by atoms with E-state index in [0.29, 0.717) is 23.4 Å². The standard InChI is InChI=1S/C17H11N3O2S/c18-6-11-1-2-14-13(5-11)8-20(16(14)15-7-19-10-22-15)17(21)12-3-4-23-9-12/h1-5,7,9-10,16H,8H2. The van der Waals surface area contributed by atoms with E-state index in [1.54, 1.807) is 17.2 Å². The predicted octanol–water partition coefficient (Wildman–Crippen LogP) is 3.35. The zero-order valence-electron chi connectivity index (χ0n) is 12.0. The molecule has 0 N–H and O–H groups in total. The van der Waals surface area contributed by atoms with Crippen molar-refractivity contribution in [3.63, 3.8) is 0 Å². The van der Waals surface area contributed by atoms with Crippen molar-refractivity contribution in [1.82, 2.24) is 9.88 Å². The lowest BCUT2D eigenvalue weighted by Crippen LogP contribution is -2.29. The molecule has 1 amide bonds. The van der Waals surface area contributed by atoms with Crippen LogP contribution >= 0.6 is 11.3 Å². The molecule has 3 aromatic rings. The summed E-state index contributed by atoms with van der Waals surface area (Å²) in [4.78, 5) is 18.6. The number of nitriles is 1. The van der Waals surface area contributed by atoms with E-state index in [-0.39, 0.29) is 11.9 Å². The lowest BCUT2D eigenvalue weighted by Gasteiger charge is -2.23. The van der Waals surface area contributed by atoms with Crippen molar-refractivity contribution >= 4 is 17.2 Å². The van der Waals surface area contributed by atoms with Crippen molar-refractivity contribution in [3.05, 3.63) is 75.6 Å². The van der Waals surface area contributed by atoms with Crippen molar-refractivity contribution < 1.29 is 9.21 Å². The highest BCUT2D eigenvalue weighted by molar-refractivity contribution is 7.08. The second kappa shape index (κ2) is 5.38. The Bertz CT molecular complexity index is 895. The summed E-state index contributed by atoms with van der Waals surface area (Å²) in [5, 5.41) is 12.8. The summed E-state index contributed by atoms with van der Waals surface area (Å²) in [7, 11) is 0. The van der Waals surface area contributed by atoms with E-state index >= 15 is 0 Å². The molecule has 23 heavy (non-hydrogen) atoms. The zero-order valence-corrected chi connectivity index (χ0v) is 12.8. The molecule has 1 aromatic carbocycles. The van der Waals surface area contributed by atoms with Gasteiger partial charge < -0.3 is 9.32 Å². The summed E-state index contributed by atoms with van der Waals surface area (Å²) >= 11 is 1.49. The summed E-state index contributed by atoms with van der Waals surface area (Å²) in [5.41, 5.74) is 3.19. The third-order valence-electron chi connectivity index (χ3n) is 3.97. The topological polar surface area (TPSA) is 70.1 Å². The lowest BCUT2D eigenvalue weighted by molar-refractivity contribution is 0.0704. The summed E-state index contributed by atoms with van der Waals surface area (Å²) < 4.78 is 5.46. The Balaban J connectivity index is 1.80. The lowest BCUT2D eigenvalue weighted by atomic mass is 10.0. The van der Waals surface area contributed by atoms with Crippen LogP contribution in [0.25, 0.3) is 0 Å². The molecule has 4 rings (SSSR count). The van der Waals surface area contributed by atoms with E-state index < -0.39 is 0 Å². The minimum absolute atomic E-state index is 0.0534. The molecule has 2 aromatic heterocycles. The van der Waals surface area contributed by atoms with Crippen LogP contribution in [0.5, 0.6) is 0 Å². The molecule has 1 atom stereocenters. The normalized spacial score (nSPS) is 16.1. The first-order chi connectivity index (χ1) is 11.3. The number of carbonyl (C=O) groups excluding carboxylic acids is 1. The van der Waals surface area contributed by atoms with Gasteiger partial charge in [-0.2, -0.15) is 16.6 Å². The average Bonchev–Trinajstić information content (AvgIpc) is 3.31. The molecule has 1 aliphatic rings. The quantitative estimate of drug-likeness (QED) is 0.725. The van der Waals surface area contributed by atoms with Crippen LogP contribution in [0.2, 0.25) is 0 Å². The first kappa shape index (κ1) is 13.7. The molecule has 1 unspecified atom stereocenters. The number of hydrogen-bond donors (Lipinski definition) is 0. The largest absolute Gasteiger partial charge is 0.446 e. The van der Waals surface area contributed by atoms with Gasteiger partial charge >= 0.3 is 0 Å². The number of benzene rings is 1. The number of nitrogens with zero attached hydrogens (tertiary/aromatic N) is 3. The summed E-state index contributed by atoms with van der Waals surface area (Å²) in [6, 6.07) is 9.13. The van der Waals surface area contributed by atoms with E-state index in [0.717, 1.165) is 11.1 Å². The van der Waals surface area contributed by atoms with E-state index in [1.165, 1.54) is 17.7 Å². The van der Waals surface area contributed by atoms with Crippen LogP contribution in [0.15, 0.2) is 52.0 Å². The molecule has 0 saturated heterocycles. The van der Waals surface area contributed by atoms with Crippen LogP contribution in [0.3, 0.4) is 0 Å². The van der Waals surface area contributed by atoms with Crippen molar-refractivity contribution in [3.8, 4) is 6.07 Å². The third-order valence-corrected chi connectivity index (χ3v) is 4.65. The Labute approximate surface area is 136 Å². The van der Waals surface area contributed by atoms with Crippen LogP contribution in [-0.4, -0.2) is 15.8 Å². The Morgan fingerprint density at radius 3 is 3.04 bits per heavy atom. The van der Waals surface area contributed by atoms with Crippen LogP contribution in [0, 0.1) is 11.3 Å². The fourth-order valence-electron chi connectivity index (χ4n) is 2.93. The molecule has 0 aliphatic carbocycles. The van der Waals surface area contributed by atoms with Gasteiger partial charge in [-0.05, 0) is 34.7 Å². The Morgan fingerprint density at radius 1 is 1.43 bits per heavy atom. The van der Waals surface area contributed by atoms with Gasteiger partial charge in [0.2, 0.25) is 0 Å². The molecule has 112 valence electrons. The molecule has 0 radical (unpaired) electrons. The van der Waals surface area contributed by atoms with Crippen molar-refractivity contribution in [1.29, 1.82) is 5.26 Å². The van der Waals surface area contributed by atoms with Crippen molar-refractivity contribution in [2.45, 2.75) is 12.6 Å². The van der Waals surface area contributed by atoms with E-state index in [4.69, 9.17) is 9.68 Å². The Kier molecular flexibility index (Phi) is 3.21. The number of fused-ring (bicyclic) bond motifs is 1. The molecular weight excluding hydrogens is 310 g/mol. The van der Waals surface area contributed by atoms with Crippen LogP contribution in [0.4, 0.5) is 0 Å². The Morgan fingerprint density at radius 2 is 2.35 bits per heavy atom. The maximum Gasteiger partial charge on any atom is 0.255 e. The van der Waals surface area contributed by atoms with Gasteiger partial charge in [-0.15, -0.1) is 0 Å². The number of amides is 1. The van der Waals surface area contributed by atoms with Gasteiger partial charge in [-0.3, -0.25) is 4.79 Å². The summed E-state index contributed by atoms with van der Waals surface area (Å²) in [6.45, 7) is 0.449. The van der Waals surface area contributed by atoms with Crippen molar-refractivity contribution in [2.24, 2.45) is 0 Å². The maximum atomic E-state index is 12.8. The van der Waals surface area contributed by atoms with Crippen LogP contribution < -0.4 is 0 Å². The maximum absolute atomic E-state index is 12.8. The van der Waals surface area contributed by atoms with E-state index in [9.17, 15) is 4.79 Å². The van der Waals surface area contributed by atoms with E-state index in [2.05, 4.69) is 11.1 Å². The summed E-state index contributed by atoms with van der Waals surface area (Å²) in [5.74, 6) is 0.569. The smallest absolute Gasteiger partial charge is 0.255 e. The highest BCUT2D eigenvalue weighted by Gasteiger charge is 2.37. The third kappa shape index (κ3) is 2.22. The minimum atomic E-state index is -0.312. The SMILES string of the molecule is N#Cc1ccc2c(c1)CN(C(=O)c1ccsc1)C2c1cnco1. The van der Waals surface area contributed by atoms with Crippen molar-refractivity contribution in [2.75, 3.05) is 0 Å². The number of hydrogen-bond acceptors (Lipinski definition) is 5. The van der Waals surface area contributed by atoms with Gasteiger partial charge in [0.1, 0.15) is 6.04 Å². The second-order valence-corrected chi connectivity index (χ2v) is 6.06. The molecule has 6 heteroatoms. The highest BCUT2D eigenvalue weighted by atomic mass is 32.1. The molecule has 0 spiro atoms. The first-order valence-corrected chi connectivity index (χ1v) is 7.96. The van der Waals surface area contributed by atoms with Gasteiger partial charge in [0.25, 0.3) is 5.91 Å². The number of carbonyl (C=O) groups is 1. The first-order valence-electron chi connectivity index (χ1n) is 7.02. The minimum Gasteiger partial charge on any atom is -0.446 e. The molecule has 1 aliphatic heterocycles. The summed E-state index contributed by atoms with van der Waals surface area (Å²) in [6.07, 6.45) is 3.00. The zero-order chi connectivity index (χ0) is 15.8. The fraction of sp³-hybridized carbons (Fsp3) is 0.118. The van der Waals surface area contributed by atoms with Gasteiger partial charge in [0.15, 0.2) is 12.2 Å². The van der Waals surface area contributed by atoms with Crippen LogP contribution in [-0.2, 0) is 6.54 Å².